The second kappa shape index (κ2) is 13.8. The molecule has 2 aromatic carbocycles. The van der Waals surface area contributed by atoms with Crippen molar-refractivity contribution < 1.29 is 14.3 Å². The highest BCUT2D eigenvalue weighted by atomic mass is 32.2. The Hall–Kier alpha value is -2.47. The van der Waals surface area contributed by atoms with Crippen molar-refractivity contribution in [2.75, 3.05) is 26.0 Å². The third kappa shape index (κ3) is 8.58. The van der Waals surface area contributed by atoms with Crippen molar-refractivity contribution in [2.45, 2.75) is 45.4 Å². The number of nitrogens with zero attached hydrogens (tertiary/aromatic N) is 1. The third-order valence-electron chi connectivity index (χ3n) is 5.21. The topological polar surface area (TPSA) is 58.6 Å². The van der Waals surface area contributed by atoms with Gasteiger partial charge in [-0.05, 0) is 42.0 Å². The molecule has 6 heteroatoms. The van der Waals surface area contributed by atoms with Crippen LogP contribution in [0.25, 0.3) is 0 Å². The summed E-state index contributed by atoms with van der Waals surface area (Å²) in [7, 11) is 1.65. The van der Waals surface area contributed by atoms with E-state index >= 15 is 0 Å². The van der Waals surface area contributed by atoms with Gasteiger partial charge in [-0.1, -0.05) is 63.2 Å². The molecule has 0 radical (unpaired) electrons. The van der Waals surface area contributed by atoms with Gasteiger partial charge in [0.25, 0.3) is 0 Å². The van der Waals surface area contributed by atoms with Crippen molar-refractivity contribution in [3.05, 3.63) is 65.7 Å². The van der Waals surface area contributed by atoms with Crippen molar-refractivity contribution in [2.24, 2.45) is 5.92 Å². The van der Waals surface area contributed by atoms with Crippen molar-refractivity contribution in [3.8, 4) is 5.75 Å². The number of rotatable bonds is 13. The quantitative estimate of drug-likeness (QED) is 0.480. The van der Waals surface area contributed by atoms with Gasteiger partial charge < -0.3 is 15.0 Å². The first-order chi connectivity index (χ1) is 15.4. The number of carbonyl (C=O) groups excluding carboxylic acids is 2. The third-order valence-corrected chi connectivity index (χ3v) is 6.20. The first-order valence-corrected chi connectivity index (χ1v) is 12.4. The van der Waals surface area contributed by atoms with Gasteiger partial charge in [-0.15, -0.1) is 11.8 Å². The van der Waals surface area contributed by atoms with Crippen molar-refractivity contribution >= 4 is 23.6 Å². The fourth-order valence-corrected chi connectivity index (χ4v) is 4.25. The van der Waals surface area contributed by atoms with Crippen LogP contribution in [0.4, 0.5) is 0 Å². The Bertz CT molecular complexity index is 825. The molecule has 1 N–H and O–H groups in total. The van der Waals surface area contributed by atoms with E-state index in [4.69, 9.17) is 4.74 Å². The molecule has 2 rings (SSSR count). The number of hydrogen-bond donors (Lipinski definition) is 1. The number of hydrogen-bond acceptors (Lipinski definition) is 4. The number of ether oxygens (including phenoxy) is 1. The molecule has 32 heavy (non-hydrogen) atoms. The molecule has 174 valence electrons. The largest absolute Gasteiger partial charge is 0.497 e. The summed E-state index contributed by atoms with van der Waals surface area (Å²) in [4.78, 5) is 27.8. The van der Waals surface area contributed by atoms with Gasteiger partial charge in [0, 0.05) is 18.8 Å². The molecule has 0 bridgehead atoms. The molecule has 1 atom stereocenters. The van der Waals surface area contributed by atoms with E-state index in [0.29, 0.717) is 31.2 Å². The molecule has 0 saturated heterocycles. The second-order valence-corrected chi connectivity index (χ2v) is 9.21. The fourth-order valence-electron chi connectivity index (χ4n) is 3.38. The van der Waals surface area contributed by atoms with Crippen LogP contribution in [-0.2, 0) is 21.8 Å². The Morgan fingerprint density at radius 2 is 1.72 bits per heavy atom. The lowest BCUT2D eigenvalue weighted by atomic mass is 10.1. The average molecular weight is 457 g/mol. The maximum Gasteiger partial charge on any atom is 0.242 e. The van der Waals surface area contributed by atoms with Crippen LogP contribution in [-0.4, -0.2) is 48.7 Å². The van der Waals surface area contributed by atoms with Crippen LogP contribution in [0.2, 0.25) is 0 Å². The molecular formula is C26H36N2O3S. The summed E-state index contributed by atoms with van der Waals surface area (Å²) < 4.78 is 5.20. The lowest BCUT2D eigenvalue weighted by Crippen LogP contribution is -2.51. The first kappa shape index (κ1) is 25.8. The maximum absolute atomic E-state index is 13.2. The Morgan fingerprint density at radius 1 is 1.03 bits per heavy atom. The lowest BCUT2D eigenvalue weighted by Gasteiger charge is -2.31. The zero-order valence-corrected chi connectivity index (χ0v) is 20.5. The summed E-state index contributed by atoms with van der Waals surface area (Å²) in [5.41, 5.74) is 2.30. The fraction of sp³-hybridized carbons (Fsp3) is 0.462. The predicted octanol–water partition coefficient (Wildman–Crippen LogP) is 4.55. The van der Waals surface area contributed by atoms with Crippen molar-refractivity contribution in [1.29, 1.82) is 0 Å². The van der Waals surface area contributed by atoms with E-state index in [9.17, 15) is 9.59 Å². The molecule has 0 heterocycles. The van der Waals surface area contributed by atoms with Crippen LogP contribution in [0.3, 0.4) is 0 Å². The number of amides is 2. The Labute approximate surface area is 196 Å². The minimum atomic E-state index is -0.452. The summed E-state index contributed by atoms with van der Waals surface area (Å²) in [5.74, 6) is 2.20. The molecule has 2 aromatic rings. The zero-order valence-electron chi connectivity index (χ0n) is 19.7. The van der Waals surface area contributed by atoms with E-state index in [-0.39, 0.29) is 11.8 Å². The van der Waals surface area contributed by atoms with E-state index in [1.807, 2.05) is 49.4 Å². The monoisotopic (exact) mass is 456 g/mol. The Kier molecular flexibility index (Phi) is 11.2. The number of methoxy groups -OCH3 is 1. The molecular weight excluding hydrogens is 420 g/mol. The highest BCUT2D eigenvalue weighted by Gasteiger charge is 2.28. The Morgan fingerprint density at radius 3 is 2.31 bits per heavy atom. The summed E-state index contributed by atoms with van der Waals surface area (Å²) >= 11 is 1.57. The van der Waals surface area contributed by atoms with E-state index in [0.717, 1.165) is 29.1 Å². The molecule has 0 aromatic heterocycles. The summed E-state index contributed by atoms with van der Waals surface area (Å²) in [6.07, 6.45) is 1.32. The van der Waals surface area contributed by atoms with Crippen LogP contribution >= 0.6 is 11.8 Å². The van der Waals surface area contributed by atoms with Crippen molar-refractivity contribution in [1.82, 2.24) is 10.2 Å². The lowest BCUT2D eigenvalue weighted by molar-refractivity contribution is -0.138. The molecule has 0 aliphatic heterocycles. The Balaban J connectivity index is 2.03. The van der Waals surface area contributed by atoms with Gasteiger partial charge in [-0.25, -0.2) is 0 Å². The second-order valence-electron chi connectivity index (χ2n) is 8.23. The van der Waals surface area contributed by atoms with Gasteiger partial charge in [-0.3, -0.25) is 9.59 Å². The van der Waals surface area contributed by atoms with Gasteiger partial charge in [0.15, 0.2) is 0 Å². The summed E-state index contributed by atoms with van der Waals surface area (Å²) in [6, 6.07) is 17.5. The number of carbonyl (C=O) groups is 2. The van der Waals surface area contributed by atoms with Gasteiger partial charge in [0.1, 0.15) is 11.8 Å². The smallest absolute Gasteiger partial charge is 0.242 e. The molecule has 0 aliphatic rings. The molecule has 0 saturated carbocycles. The molecule has 5 nitrogen and oxygen atoms in total. The molecule has 2 amide bonds. The summed E-state index contributed by atoms with van der Waals surface area (Å²) in [6.45, 7) is 7.24. The van der Waals surface area contributed by atoms with E-state index in [2.05, 4.69) is 31.3 Å². The molecule has 1 unspecified atom stereocenters. The number of thioether (sulfide) groups is 1. The average Bonchev–Trinajstić information content (AvgIpc) is 2.81. The summed E-state index contributed by atoms with van der Waals surface area (Å²) in [5, 5.41) is 3.01. The highest BCUT2D eigenvalue weighted by molar-refractivity contribution is 7.99. The van der Waals surface area contributed by atoms with E-state index < -0.39 is 6.04 Å². The van der Waals surface area contributed by atoms with Gasteiger partial charge in [0.05, 0.1) is 12.9 Å². The number of benzene rings is 2. The standard InChI is InChI=1S/C26H36N2O3S/c1-5-24(26(30)27-17-20(2)3)28(16-15-21-9-7-6-8-10-21)25(29)19-32-18-22-11-13-23(31-4)14-12-22/h6-14,20,24H,5,15-19H2,1-4H3,(H,27,30). The van der Waals surface area contributed by atoms with Crippen molar-refractivity contribution in [3.63, 3.8) is 0 Å². The maximum atomic E-state index is 13.2. The highest BCUT2D eigenvalue weighted by Crippen LogP contribution is 2.18. The minimum absolute atomic E-state index is 0.00555. The zero-order chi connectivity index (χ0) is 23.3. The molecule has 0 aliphatic carbocycles. The SMILES string of the molecule is CCC(C(=O)NCC(C)C)N(CCc1ccccc1)C(=O)CSCc1ccc(OC)cc1. The molecule has 0 fully saturated rings. The minimum Gasteiger partial charge on any atom is -0.497 e. The van der Waals surface area contributed by atoms with Crippen LogP contribution in [0.15, 0.2) is 54.6 Å². The van der Waals surface area contributed by atoms with Gasteiger partial charge >= 0.3 is 0 Å². The van der Waals surface area contributed by atoms with E-state index in [1.165, 1.54) is 0 Å². The van der Waals surface area contributed by atoms with E-state index in [1.54, 1.807) is 23.8 Å². The van der Waals surface area contributed by atoms with Gasteiger partial charge in [0.2, 0.25) is 11.8 Å². The van der Waals surface area contributed by atoms with Crippen LogP contribution in [0, 0.1) is 5.92 Å². The molecule has 0 spiro atoms. The van der Waals surface area contributed by atoms with Crippen LogP contribution in [0.1, 0.15) is 38.3 Å². The first-order valence-electron chi connectivity index (χ1n) is 11.3. The van der Waals surface area contributed by atoms with Crippen LogP contribution in [0.5, 0.6) is 5.75 Å². The predicted molar refractivity (Wildman–Crippen MR) is 133 cm³/mol. The van der Waals surface area contributed by atoms with Gasteiger partial charge in [-0.2, -0.15) is 0 Å². The normalized spacial score (nSPS) is 11.8. The van der Waals surface area contributed by atoms with Crippen LogP contribution < -0.4 is 10.1 Å². The number of nitrogens with one attached hydrogen (secondary N) is 1.